The molecule has 0 saturated carbocycles. The maximum Gasteiger partial charge on any atom is 0.245 e. The number of piperazine rings is 1. The molecular formula is C14H17FN2O2. The van der Waals surface area contributed by atoms with Crippen molar-refractivity contribution in [1.29, 1.82) is 0 Å². The van der Waals surface area contributed by atoms with Gasteiger partial charge in [0.15, 0.2) is 0 Å². The highest BCUT2D eigenvalue weighted by molar-refractivity contribution is 5.94. The second-order valence-corrected chi connectivity index (χ2v) is 4.79. The minimum Gasteiger partial charge on any atom is -0.343 e. The third-order valence-corrected chi connectivity index (χ3v) is 3.35. The molecule has 1 N–H and O–H groups in total. The molecule has 1 unspecified atom stereocenters. The summed E-state index contributed by atoms with van der Waals surface area (Å²) in [5, 5.41) is 2.67. The van der Waals surface area contributed by atoms with Gasteiger partial charge in [-0.15, -0.1) is 0 Å². The zero-order valence-electron chi connectivity index (χ0n) is 11.1. The molecule has 1 heterocycles. The van der Waals surface area contributed by atoms with E-state index < -0.39 is 6.04 Å². The summed E-state index contributed by atoms with van der Waals surface area (Å²) in [6.07, 6.45) is 0.573. The number of carbonyl (C=O) groups is 2. The average molecular weight is 264 g/mol. The van der Waals surface area contributed by atoms with Gasteiger partial charge in [0.1, 0.15) is 11.9 Å². The van der Waals surface area contributed by atoms with Gasteiger partial charge in [-0.2, -0.15) is 0 Å². The molecule has 1 fully saturated rings. The summed E-state index contributed by atoms with van der Waals surface area (Å²) in [4.78, 5) is 25.2. The molecule has 0 aromatic heterocycles. The minimum atomic E-state index is -0.443. The molecule has 2 rings (SSSR count). The molecule has 0 spiro atoms. The molecular weight excluding hydrogens is 247 g/mol. The van der Waals surface area contributed by atoms with E-state index in [9.17, 15) is 14.0 Å². The maximum atomic E-state index is 13.0. The average Bonchev–Trinajstić information content (AvgIpc) is 2.36. The van der Waals surface area contributed by atoms with Crippen molar-refractivity contribution in [2.75, 3.05) is 6.54 Å². The van der Waals surface area contributed by atoms with E-state index in [-0.39, 0.29) is 24.2 Å². The van der Waals surface area contributed by atoms with Gasteiger partial charge in [0.2, 0.25) is 11.8 Å². The Kier molecular flexibility index (Phi) is 3.83. The standard InChI is InChI=1S/C14H17FN2O2/c1-3-12-14(19)17(8-13(18)16-12)7-10-4-5-11(15)6-9(10)2/h4-6,12H,3,7-8H2,1-2H3,(H,16,18). The number of benzene rings is 1. The van der Waals surface area contributed by atoms with Crippen molar-refractivity contribution in [1.82, 2.24) is 10.2 Å². The number of hydrogen-bond acceptors (Lipinski definition) is 2. The molecule has 2 amide bonds. The van der Waals surface area contributed by atoms with E-state index in [2.05, 4.69) is 5.32 Å². The molecule has 0 aliphatic carbocycles. The van der Waals surface area contributed by atoms with Crippen LogP contribution in [0.15, 0.2) is 18.2 Å². The van der Waals surface area contributed by atoms with E-state index in [1.807, 2.05) is 6.92 Å². The molecule has 4 nitrogen and oxygen atoms in total. The van der Waals surface area contributed by atoms with Crippen molar-refractivity contribution < 1.29 is 14.0 Å². The first-order valence-electron chi connectivity index (χ1n) is 6.34. The van der Waals surface area contributed by atoms with Crippen LogP contribution in [-0.4, -0.2) is 29.3 Å². The van der Waals surface area contributed by atoms with E-state index in [0.29, 0.717) is 13.0 Å². The molecule has 102 valence electrons. The van der Waals surface area contributed by atoms with Gasteiger partial charge in [-0.3, -0.25) is 9.59 Å². The number of aryl methyl sites for hydroxylation is 1. The summed E-state index contributed by atoms with van der Waals surface area (Å²) in [6.45, 7) is 4.06. The van der Waals surface area contributed by atoms with Crippen LogP contribution < -0.4 is 5.32 Å². The molecule has 1 saturated heterocycles. The molecule has 1 aromatic carbocycles. The fourth-order valence-electron chi connectivity index (χ4n) is 2.23. The van der Waals surface area contributed by atoms with Crippen molar-refractivity contribution in [2.45, 2.75) is 32.9 Å². The Morgan fingerprint density at radius 2 is 2.16 bits per heavy atom. The Balaban J connectivity index is 2.17. The fraction of sp³-hybridized carbons (Fsp3) is 0.429. The summed E-state index contributed by atoms with van der Waals surface area (Å²) in [5.41, 5.74) is 1.64. The first-order valence-corrected chi connectivity index (χ1v) is 6.34. The van der Waals surface area contributed by atoms with Gasteiger partial charge >= 0.3 is 0 Å². The number of nitrogens with one attached hydrogen (secondary N) is 1. The van der Waals surface area contributed by atoms with Gasteiger partial charge < -0.3 is 10.2 Å². The topological polar surface area (TPSA) is 49.4 Å². The lowest BCUT2D eigenvalue weighted by Gasteiger charge is -2.32. The van der Waals surface area contributed by atoms with E-state index in [4.69, 9.17) is 0 Å². The lowest BCUT2D eigenvalue weighted by Crippen LogP contribution is -2.57. The number of rotatable bonds is 3. The number of halogens is 1. The van der Waals surface area contributed by atoms with Gasteiger partial charge in [0.25, 0.3) is 0 Å². The minimum absolute atomic E-state index is 0.0617. The second kappa shape index (κ2) is 5.38. The van der Waals surface area contributed by atoms with E-state index in [0.717, 1.165) is 11.1 Å². The predicted molar refractivity (Wildman–Crippen MR) is 68.8 cm³/mol. The van der Waals surface area contributed by atoms with E-state index in [1.165, 1.54) is 17.0 Å². The van der Waals surface area contributed by atoms with Crippen LogP contribution in [0.4, 0.5) is 4.39 Å². The van der Waals surface area contributed by atoms with Crippen molar-refractivity contribution in [3.05, 3.63) is 35.1 Å². The van der Waals surface area contributed by atoms with Crippen LogP contribution in [0.2, 0.25) is 0 Å². The summed E-state index contributed by atoms with van der Waals surface area (Å²) >= 11 is 0. The van der Waals surface area contributed by atoms with Crippen LogP contribution in [0.1, 0.15) is 24.5 Å². The summed E-state index contributed by atoms with van der Waals surface area (Å²) < 4.78 is 13.0. The van der Waals surface area contributed by atoms with Gasteiger partial charge in [0.05, 0.1) is 6.54 Å². The normalized spacial score (nSPS) is 19.5. The molecule has 5 heteroatoms. The quantitative estimate of drug-likeness (QED) is 0.896. The first kappa shape index (κ1) is 13.5. The molecule has 19 heavy (non-hydrogen) atoms. The van der Waals surface area contributed by atoms with E-state index >= 15 is 0 Å². The Morgan fingerprint density at radius 1 is 1.42 bits per heavy atom. The van der Waals surface area contributed by atoms with Crippen LogP contribution in [0, 0.1) is 12.7 Å². The molecule has 0 radical (unpaired) electrons. The smallest absolute Gasteiger partial charge is 0.245 e. The Morgan fingerprint density at radius 3 is 2.79 bits per heavy atom. The zero-order valence-corrected chi connectivity index (χ0v) is 11.1. The number of nitrogens with zero attached hydrogens (tertiary/aromatic N) is 1. The summed E-state index contributed by atoms with van der Waals surface area (Å²) in [6, 6.07) is 4.02. The number of amides is 2. The molecule has 1 atom stereocenters. The van der Waals surface area contributed by atoms with Crippen LogP contribution in [0.25, 0.3) is 0 Å². The SMILES string of the molecule is CCC1NC(=O)CN(Cc2ccc(F)cc2C)C1=O. The highest BCUT2D eigenvalue weighted by Gasteiger charge is 2.31. The third-order valence-electron chi connectivity index (χ3n) is 3.35. The third kappa shape index (κ3) is 2.92. The summed E-state index contributed by atoms with van der Waals surface area (Å²) in [7, 11) is 0. The maximum absolute atomic E-state index is 13.0. The van der Waals surface area contributed by atoms with Crippen molar-refractivity contribution in [3.8, 4) is 0 Å². The van der Waals surface area contributed by atoms with Gasteiger partial charge in [-0.05, 0) is 36.6 Å². The Bertz CT molecular complexity index is 516. The van der Waals surface area contributed by atoms with Crippen LogP contribution in [0.3, 0.4) is 0 Å². The Labute approximate surface area is 111 Å². The molecule has 1 aliphatic heterocycles. The van der Waals surface area contributed by atoms with Crippen LogP contribution >= 0.6 is 0 Å². The number of hydrogen-bond donors (Lipinski definition) is 1. The number of carbonyl (C=O) groups excluding carboxylic acids is 2. The van der Waals surface area contributed by atoms with Gasteiger partial charge in [-0.1, -0.05) is 13.0 Å². The largest absolute Gasteiger partial charge is 0.343 e. The Hall–Kier alpha value is -1.91. The lowest BCUT2D eigenvalue weighted by atomic mass is 10.1. The fourth-order valence-corrected chi connectivity index (χ4v) is 2.23. The predicted octanol–water partition coefficient (Wildman–Crippen LogP) is 1.37. The van der Waals surface area contributed by atoms with Crippen molar-refractivity contribution in [3.63, 3.8) is 0 Å². The first-order chi connectivity index (χ1) is 9.01. The van der Waals surface area contributed by atoms with Crippen molar-refractivity contribution in [2.24, 2.45) is 0 Å². The van der Waals surface area contributed by atoms with Gasteiger partial charge in [0, 0.05) is 6.54 Å². The lowest BCUT2D eigenvalue weighted by molar-refractivity contribution is -0.144. The van der Waals surface area contributed by atoms with Crippen molar-refractivity contribution >= 4 is 11.8 Å². The monoisotopic (exact) mass is 264 g/mol. The van der Waals surface area contributed by atoms with E-state index in [1.54, 1.807) is 13.0 Å². The molecule has 0 bridgehead atoms. The zero-order chi connectivity index (χ0) is 14.0. The highest BCUT2D eigenvalue weighted by Crippen LogP contribution is 2.15. The summed E-state index contributed by atoms with van der Waals surface area (Å²) in [5.74, 6) is -0.521. The van der Waals surface area contributed by atoms with Gasteiger partial charge in [-0.25, -0.2) is 4.39 Å². The van der Waals surface area contributed by atoms with Crippen LogP contribution in [-0.2, 0) is 16.1 Å². The molecule has 1 aliphatic rings. The highest BCUT2D eigenvalue weighted by atomic mass is 19.1. The van der Waals surface area contributed by atoms with Crippen LogP contribution in [0.5, 0.6) is 0 Å². The second-order valence-electron chi connectivity index (χ2n) is 4.79. The molecule has 1 aromatic rings.